The number of esters is 1. The molecule has 7 heteroatoms. The van der Waals surface area contributed by atoms with Crippen molar-refractivity contribution in [3.63, 3.8) is 0 Å². The quantitative estimate of drug-likeness (QED) is 0.176. The first kappa shape index (κ1) is 15.3. The Labute approximate surface area is 99.6 Å². The number of carbonyl (C=O) groups is 1. The molecule has 0 aromatic rings. The zero-order valence-electron chi connectivity index (χ0n) is 10.1. The highest BCUT2D eigenvalue weighted by molar-refractivity contribution is 6.42. The summed E-state index contributed by atoms with van der Waals surface area (Å²) >= 11 is 0. The van der Waals surface area contributed by atoms with Crippen LogP contribution >= 0.6 is 0 Å². The fraction of sp³-hybridized carbons (Fsp3) is 0.700. The first-order chi connectivity index (χ1) is 7.96. The van der Waals surface area contributed by atoms with Gasteiger partial charge in [-0.15, -0.1) is 0 Å². The maximum atomic E-state index is 11.0. The molecule has 0 aliphatic carbocycles. The first-order valence-electron chi connectivity index (χ1n) is 4.95. The average molecular weight is 244 g/mol. The molecule has 0 saturated heterocycles. The average Bonchev–Trinajstić information content (AvgIpc) is 2.30. The van der Waals surface area contributed by atoms with Crippen molar-refractivity contribution in [2.24, 2.45) is 5.16 Å². The maximum absolute atomic E-state index is 11.0. The lowest BCUT2D eigenvalue weighted by atomic mass is 10.4. The lowest BCUT2D eigenvalue weighted by Crippen LogP contribution is -2.27. The van der Waals surface area contributed by atoms with Crippen LogP contribution in [0.15, 0.2) is 5.16 Å². The molecule has 0 heterocycles. The smallest absolute Gasteiger partial charge is 0.371 e. The van der Waals surface area contributed by atoms with Crippen LogP contribution in [0.4, 0.5) is 0 Å². The molecule has 0 atom stereocenters. The van der Waals surface area contributed by atoms with Crippen LogP contribution in [0, 0.1) is 11.3 Å². The molecule has 0 aliphatic heterocycles. The number of methoxy groups -OCH3 is 1. The van der Waals surface area contributed by atoms with Crippen molar-refractivity contribution in [1.82, 2.24) is 0 Å². The highest BCUT2D eigenvalue weighted by Crippen LogP contribution is 2.09. The van der Waals surface area contributed by atoms with E-state index >= 15 is 0 Å². The van der Waals surface area contributed by atoms with E-state index in [2.05, 4.69) is 9.89 Å². The summed E-state index contributed by atoms with van der Waals surface area (Å²) < 4.78 is 15.0. The van der Waals surface area contributed by atoms with Crippen LogP contribution < -0.4 is 0 Å². The molecule has 0 aromatic carbocycles. The van der Waals surface area contributed by atoms with Gasteiger partial charge in [0.05, 0.1) is 13.2 Å². The Morgan fingerprint density at radius 1 is 1.47 bits per heavy atom. The summed E-state index contributed by atoms with van der Waals surface area (Å²) in [5.41, 5.74) is -0.678. The number of nitrogens with zero attached hydrogens (tertiary/aromatic N) is 2. The van der Waals surface area contributed by atoms with E-state index in [0.29, 0.717) is 13.0 Å². The lowest BCUT2D eigenvalue weighted by molar-refractivity contribution is -0.198. The molecular formula is C10H16N2O5. The SMILES string of the molecule is COC(C)(C)OCCCOC(=O)/C(C#N)=N\O. The third kappa shape index (κ3) is 6.50. The Hall–Kier alpha value is -1.65. The van der Waals surface area contributed by atoms with E-state index in [4.69, 9.17) is 19.9 Å². The number of hydrogen-bond donors (Lipinski definition) is 1. The van der Waals surface area contributed by atoms with Gasteiger partial charge in [0.15, 0.2) is 5.79 Å². The van der Waals surface area contributed by atoms with Crippen LogP contribution in [-0.4, -0.2) is 43.0 Å². The highest BCUT2D eigenvalue weighted by Gasteiger charge is 2.16. The molecule has 0 saturated carbocycles. The van der Waals surface area contributed by atoms with Gasteiger partial charge in [-0.25, -0.2) is 4.79 Å². The fourth-order valence-electron chi connectivity index (χ4n) is 0.778. The molecule has 96 valence electrons. The van der Waals surface area contributed by atoms with Gasteiger partial charge in [0.25, 0.3) is 5.71 Å². The van der Waals surface area contributed by atoms with Gasteiger partial charge in [0.2, 0.25) is 0 Å². The molecule has 0 unspecified atom stereocenters. The summed E-state index contributed by atoms with van der Waals surface area (Å²) in [6.07, 6.45) is 0.447. The molecule has 7 nitrogen and oxygen atoms in total. The van der Waals surface area contributed by atoms with E-state index < -0.39 is 17.5 Å². The Balaban J connectivity index is 3.74. The first-order valence-corrected chi connectivity index (χ1v) is 4.95. The summed E-state index contributed by atoms with van der Waals surface area (Å²) in [6.45, 7) is 3.92. The van der Waals surface area contributed by atoms with E-state index in [-0.39, 0.29) is 6.61 Å². The number of rotatable bonds is 7. The van der Waals surface area contributed by atoms with Gasteiger partial charge in [0.1, 0.15) is 6.07 Å². The van der Waals surface area contributed by atoms with Crippen molar-refractivity contribution >= 4 is 11.7 Å². The molecule has 0 fully saturated rings. The highest BCUT2D eigenvalue weighted by atomic mass is 16.7. The van der Waals surface area contributed by atoms with Gasteiger partial charge in [0, 0.05) is 13.5 Å². The standard InChI is InChI=1S/C10H16N2O5/c1-10(2,15-3)17-6-4-5-16-9(13)8(7-11)12-14/h14H,4-6H2,1-3H3/b12-8-. The van der Waals surface area contributed by atoms with Crippen molar-refractivity contribution in [3.8, 4) is 6.07 Å². The molecule has 1 N–H and O–H groups in total. The molecule has 0 spiro atoms. The van der Waals surface area contributed by atoms with E-state index in [0.717, 1.165) is 0 Å². The van der Waals surface area contributed by atoms with Crippen LogP contribution in [0.3, 0.4) is 0 Å². The van der Waals surface area contributed by atoms with Gasteiger partial charge < -0.3 is 19.4 Å². The van der Waals surface area contributed by atoms with Gasteiger partial charge in [-0.2, -0.15) is 5.26 Å². The molecule has 17 heavy (non-hydrogen) atoms. The molecule has 0 aromatic heterocycles. The van der Waals surface area contributed by atoms with Crippen LogP contribution in [0.1, 0.15) is 20.3 Å². The van der Waals surface area contributed by atoms with E-state index in [1.807, 2.05) is 0 Å². The molecule has 0 radical (unpaired) electrons. The van der Waals surface area contributed by atoms with E-state index in [1.165, 1.54) is 13.2 Å². The number of oxime groups is 1. The zero-order chi connectivity index (χ0) is 13.3. The minimum atomic E-state index is -0.957. The minimum absolute atomic E-state index is 0.0688. The normalized spacial score (nSPS) is 12.0. The summed E-state index contributed by atoms with van der Waals surface area (Å²) in [5, 5.41) is 19.1. The molecule has 0 amide bonds. The second kappa shape index (κ2) is 7.60. The Kier molecular flexibility index (Phi) is 6.86. The van der Waals surface area contributed by atoms with E-state index in [1.54, 1.807) is 13.8 Å². The van der Waals surface area contributed by atoms with Gasteiger partial charge in [-0.1, -0.05) is 5.16 Å². The molecule has 0 bridgehead atoms. The van der Waals surface area contributed by atoms with Crippen molar-refractivity contribution in [2.75, 3.05) is 20.3 Å². The monoisotopic (exact) mass is 244 g/mol. The van der Waals surface area contributed by atoms with Gasteiger partial charge in [-0.05, 0) is 13.8 Å². The third-order valence-electron chi connectivity index (χ3n) is 1.86. The number of ether oxygens (including phenoxy) is 3. The largest absolute Gasteiger partial charge is 0.460 e. The predicted molar refractivity (Wildman–Crippen MR) is 57.5 cm³/mol. The van der Waals surface area contributed by atoms with Crippen LogP contribution in [0.25, 0.3) is 0 Å². The van der Waals surface area contributed by atoms with Gasteiger partial charge >= 0.3 is 5.97 Å². The summed E-state index contributed by atoms with van der Waals surface area (Å²) in [5.74, 6) is -1.64. The Bertz CT molecular complexity index is 319. The second-order valence-corrected chi connectivity index (χ2v) is 3.50. The maximum Gasteiger partial charge on any atom is 0.371 e. The summed E-state index contributed by atoms with van der Waals surface area (Å²) in [7, 11) is 1.52. The van der Waals surface area contributed by atoms with Crippen LogP contribution in [-0.2, 0) is 19.0 Å². The van der Waals surface area contributed by atoms with Crippen molar-refractivity contribution in [3.05, 3.63) is 0 Å². The topological polar surface area (TPSA) is 101 Å². The van der Waals surface area contributed by atoms with Crippen molar-refractivity contribution < 1.29 is 24.2 Å². The zero-order valence-corrected chi connectivity index (χ0v) is 10.1. The summed E-state index contributed by atoms with van der Waals surface area (Å²) in [4.78, 5) is 11.0. The summed E-state index contributed by atoms with van der Waals surface area (Å²) in [6, 6.07) is 1.40. The molecule has 0 rings (SSSR count). The van der Waals surface area contributed by atoms with Crippen molar-refractivity contribution in [2.45, 2.75) is 26.1 Å². The number of hydrogen-bond acceptors (Lipinski definition) is 7. The van der Waals surface area contributed by atoms with Crippen molar-refractivity contribution in [1.29, 1.82) is 5.26 Å². The van der Waals surface area contributed by atoms with Crippen LogP contribution in [0.5, 0.6) is 0 Å². The fourth-order valence-corrected chi connectivity index (χ4v) is 0.778. The molecule has 0 aliphatic rings. The number of carbonyl (C=O) groups excluding carboxylic acids is 1. The minimum Gasteiger partial charge on any atom is -0.460 e. The third-order valence-corrected chi connectivity index (χ3v) is 1.86. The lowest BCUT2D eigenvalue weighted by Gasteiger charge is -2.23. The Morgan fingerprint density at radius 2 is 2.12 bits per heavy atom. The molecular weight excluding hydrogens is 228 g/mol. The van der Waals surface area contributed by atoms with E-state index in [9.17, 15) is 4.79 Å². The Morgan fingerprint density at radius 3 is 2.59 bits per heavy atom. The second-order valence-electron chi connectivity index (χ2n) is 3.50. The van der Waals surface area contributed by atoms with Gasteiger partial charge in [-0.3, -0.25) is 0 Å². The number of nitriles is 1. The predicted octanol–water partition coefficient (Wildman–Crippen LogP) is 0.673. The van der Waals surface area contributed by atoms with Crippen LogP contribution in [0.2, 0.25) is 0 Å².